The summed E-state index contributed by atoms with van der Waals surface area (Å²) in [7, 11) is 0. The summed E-state index contributed by atoms with van der Waals surface area (Å²) in [5.41, 5.74) is 0. The van der Waals surface area contributed by atoms with Crippen LogP contribution in [0, 0.1) is 11.6 Å². The third kappa shape index (κ3) is 3.74. The Morgan fingerprint density at radius 3 is 2.57 bits per heavy atom. The number of rotatable bonds is 6. The molecule has 0 saturated heterocycles. The monoisotopic (exact) mass is 296 g/mol. The Hall–Kier alpha value is -2.51. The molecule has 0 spiro atoms. The van der Waals surface area contributed by atoms with Crippen LogP contribution >= 0.6 is 0 Å². The van der Waals surface area contributed by atoms with Crippen LogP contribution in [0.25, 0.3) is 0 Å². The van der Waals surface area contributed by atoms with Gasteiger partial charge in [0.1, 0.15) is 0 Å². The Labute approximate surface area is 120 Å². The highest BCUT2D eigenvalue weighted by atomic mass is 19.2. The highest BCUT2D eigenvalue weighted by molar-refractivity contribution is 5.31. The Kier molecular flexibility index (Phi) is 4.81. The normalized spacial score (nSPS) is 10.3. The average Bonchev–Trinajstić information content (AvgIpc) is 2.44. The van der Waals surface area contributed by atoms with Gasteiger partial charge in [-0.05, 0) is 26.0 Å². The minimum absolute atomic E-state index is 0.0373. The van der Waals surface area contributed by atoms with Gasteiger partial charge in [0.05, 0.1) is 6.61 Å². The first-order valence-electron chi connectivity index (χ1n) is 6.38. The minimum Gasteiger partial charge on any atom is -0.464 e. The summed E-state index contributed by atoms with van der Waals surface area (Å²) in [6, 6.07) is 3.44. The predicted molar refractivity (Wildman–Crippen MR) is 71.6 cm³/mol. The van der Waals surface area contributed by atoms with Crippen molar-refractivity contribution in [3.8, 4) is 17.8 Å². The van der Waals surface area contributed by atoms with Gasteiger partial charge in [0.25, 0.3) is 0 Å². The van der Waals surface area contributed by atoms with Crippen LogP contribution < -0.4 is 14.8 Å². The van der Waals surface area contributed by atoms with Crippen LogP contribution in [0.5, 0.6) is 17.8 Å². The second kappa shape index (κ2) is 6.78. The van der Waals surface area contributed by atoms with E-state index in [0.29, 0.717) is 13.2 Å². The second-order valence-corrected chi connectivity index (χ2v) is 3.84. The molecule has 0 fully saturated rings. The van der Waals surface area contributed by atoms with Crippen molar-refractivity contribution in [2.75, 3.05) is 18.5 Å². The number of ether oxygens (including phenoxy) is 2. The lowest BCUT2D eigenvalue weighted by molar-refractivity contribution is 0.302. The van der Waals surface area contributed by atoms with E-state index in [1.54, 1.807) is 6.92 Å². The lowest BCUT2D eigenvalue weighted by Gasteiger charge is -2.09. The Morgan fingerprint density at radius 2 is 1.86 bits per heavy atom. The maximum Gasteiger partial charge on any atom is 0.330 e. The molecule has 0 radical (unpaired) electrons. The van der Waals surface area contributed by atoms with E-state index in [2.05, 4.69) is 20.3 Å². The Bertz CT molecular complexity index is 601. The molecule has 0 atom stereocenters. The van der Waals surface area contributed by atoms with Gasteiger partial charge in [0.2, 0.25) is 11.8 Å². The molecule has 2 aromatic rings. The number of nitrogens with one attached hydrogen (secondary N) is 1. The van der Waals surface area contributed by atoms with Crippen LogP contribution in [0.4, 0.5) is 14.7 Å². The fourth-order valence-electron chi connectivity index (χ4n) is 1.48. The molecule has 0 amide bonds. The van der Waals surface area contributed by atoms with E-state index in [-0.39, 0.29) is 23.7 Å². The van der Waals surface area contributed by atoms with Gasteiger partial charge in [-0.25, -0.2) is 4.39 Å². The van der Waals surface area contributed by atoms with E-state index < -0.39 is 11.6 Å². The molecule has 0 unspecified atom stereocenters. The highest BCUT2D eigenvalue weighted by Gasteiger charge is 2.13. The molecule has 1 heterocycles. The Balaban J connectivity index is 2.31. The van der Waals surface area contributed by atoms with Gasteiger partial charge in [-0.2, -0.15) is 14.4 Å². The lowest BCUT2D eigenvalue weighted by Crippen LogP contribution is -2.07. The molecule has 2 rings (SSSR count). The van der Waals surface area contributed by atoms with Crippen molar-refractivity contribution in [1.82, 2.24) is 15.0 Å². The molecule has 8 heteroatoms. The zero-order chi connectivity index (χ0) is 15.2. The number of anilines is 1. The lowest BCUT2D eigenvalue weighted by atomic mass is 10.3. The summed E-state index contributed by atoms with van der Waals surface area (Å²) in [5.74, 6) is -2.21. The van der Waals surface area contributed by atoms with Crippen molar-refractivity contribution >= 4 is 5.95 Å². The third-order valence-corrected chi connectivity index (χ3v) is 2.32. The molecule has 112 valence electrons. The first-order valence-corrected chi connectivity index (χ1v) is 6.38. The van der Waals surface area contributed by atoms with E-state index in [1.165, 1.54) is 12.1 Å². The summed E-state index contributed by atoms with van der Waals surface area (Å²) in [6.07, 6.45) is 0. The minimum atomic E-state index is -1.11. The quantitative estimate of drug-likeness (QED) is 0.884. The molecule has 1 aromatic carbocycles. The van der Waals surface area contributed by atoms with Crippen LogP contribution in [0.2, 0.25) is 0 Å². The van der Waals surface area contributed by atoms with Gasteiger partial charge in [-0.1, -0.05) is 6.07 Å². The van der Waals surface area contributed by atoms with Gasteiger partial charge in [0, 0.05) is 6.54 Å². The van der Waals surface area contributed by atoms with Crippen molar-refractivity contribution in [2.24, 2.45) is 0 Å². The van der Waals surface area contributed by atoms with Crippen LogP contribution in [0.3, 0.4) is 0 Å². The number of nitrogens with zero attached hydrogens (tertiary/aromatic N) is 3. The SMILES string of the molecule is CCNc1nc(OCC)nc(Oc2cccc(F)c2F)n1. The van der Waals surface area contributed by atoms with E-state index in [4.69, 9.17) is 9.47 Å². The predicted octanol–water partition coefficient (Wildman–Crippen LogP) is 2.77. The van der Waals surface area contributed by atoms with Gasteiger partial charge in [-0.15, -0.1) is 4.98 Å². The third-order valence-electron chi connectivity index (χ3n) is 2.32. The Morgan fingerprint density at radius 1 is 1.10 bits per heavy atom. The van der Waals surface area contributed by atoms with Gasteiger partial charge in [0.15, 0.2) is 11.6 Å². The van der Waals surface area contributed by atoms with Crippen LogP contribution in [0.1, 0.15) is 13.8 Å². The van der Waals surface area contributed by atoms with E-state index in [0.717, 1.165) is 6.07 Å². The van der Waals surface area contributed by atoms with Crippen molar-refractivity contribution in [3.05, 3.63) is 29.8 Å². The number of halogens is 2. The first-order chi connectivity index (χ1) is 10.1. The topological polar surface area (TPSA) is 69.2 Å². The number of benzene rings is 1. The van der Waals surface area contributed by atoms with Crippen molar-refractivity contribution < 1.29 is 18.3 Å². The zero-order valence-corrected chi connectivity index (χ0v) is 11.6. The molecule has 0 bridgehead atoms. The fraction of sp³-hybridized carbons (Fsp3) is 0.308. The molecule has 0 aliphatic rings. The molecular weight excluding hydrogens is 282 g/mol. The van der Waals surface area contributed by atoms with Gasteiger partial charge in [-0.3, -0.25) is 0 Å². The van der Waals surface area contributed by atoms with Crippen molar-refractivity contribution in [1.29, 1.82) is 0 Å². The summed E-state index contributed by atoms with van der Waals surface area (Å²) in [4.78, 5) is 11.8. The van der Waals surface area contributed by atoms with Crippen LogP contribution in [-0.2, 0) is 0 Å². The largest absolute Gasteiger partial charge is 0.464 e. The average molecular weight is 296 g/mol. The van der Waals surface area contributed by atoms with Crippen molar-refractivity contribution in [3.63, 3.8) is 0 Å². The molecule has 0 saturated carbocycles. The first kappa shape index (κ1) is 14.9. The zero-order valence-electron chi connectivity index (χ0n) is 11.6. The summed E-state index contributed by atoms with van der Waals surface area (Å²) in [6.45, 7) is 4.55. The second-order valence-electron chi connectivity index (χ2n) is 3.84. The van der Waals surface area contributed by atoms with E-state index in [9.17, 15) is 8.78 Å². The summed E-state index contributed by atoms with van der Waals surface area (Å²) < 4.78 is 37.0. The molecular formula is C13H14F2N4O2. The molecule has 0 aliphatic carbocycles. The number of hydrogen-bond acceptors (Lipinski definition) is 6. The molecule has 1 N–H and O–H groups in total. The standard InChI is InChI=1S/C13H14F2N4O2/c1-3-16-11-17-12(20-4-2)19-13(18-11)21-9-7-5-6-8(14)10(9)15/h5-7H,3-4H2,1-2H3,(H,16,17,18,19). The maximum atomic E-state index is 13.6. The van der Waals surface area contributed by atoms with Gasteiger partial charge < -0.3 is 14.8 Å². The number of aromatic nitrogens is 3. The van der Waals surface area contributed by atoms with Crippen LogP contribution in [0.15, 0.2) is 18.2 Å². The fourth-order valence-corrected chi connectivity index (χ4v) is 1.48. The van der Waals surface area contributed by atoms with E-state index >= 15 is 0 Å². The van der Waals surface area contributed by atoms with Crippen LogP contribution in [-0.4, -0.2) is 28.1 Å². The molecule has 0 aliphatic heterocycles. The summed E-state index contributed by atoms with van der Waals surface area (Å²) in [5, 5.41) is 2.87. The van der Waals surface area contributed by atoms with E-state index in [1.807, 2.05) is 6.92 Å². The van der Waals surface area contributed by atoms with Crippen molar-refractivity contribution in [2.45, 2.75) is 13.8 Å². The molecule has 1 aromatic heterocycles. The smallest absolute Gasteiger partial charge is 0.330 e. The highest BCUT2D eigenvalue weighted by Crippen LogP contribution is 2.24. The van der Waals surface area contributed by atoms with Gasteiger partial charge >= 0.3 is 12.0 Å². The molecule has 21 heavy (non-hydrogen) atoms. The number of hydrogen-bond donors (Lipinski definition) is 1. The molecule has 6 nitrogen and oxygen atoms in total. The maximum absolute atomic E-state index is 13.6. The summed E-state index contributed by atoms with van der Waals surface area (Å²) >= 11 is 0.